The van der Waals surface area contributed by atoms with Crippen LogP contribution >= 0.6 is 0 Å². The molecule has 0 spiro atoms. The highest BCUT2D eigenvalue weighted by molar-refractivity contribution is 4.83. The van der Waals surface area contributed by atoms with Gasteiger partial charge in [-0.05, 0) is 0 Å². The Balaban J connectivity index is 4.44. The predicted octanol–water partition coefficient (Wildman–Crippen LogP) is -1.62. The molecule has 0 aliphatic rings. The fourth-order valence-corrected chi connectivity index (χ4v) is 1.39. The van der Waals surface area contributed by atoms with Crippen LogP contribution in [0, 0.1) is 0 Å². The van der Waals surface area contributed by atoms with E-state index in [0.717, 1.165) is 0 Å². The Morgan fingerprint density at radius 1 is 0.933 bits per heavy atom. The zero-order chi connectivity index (χ0) is 11.8. The van der Waals surface area contributed by atoms with Crippen LogP contribution in [0.5, 0.6) is 0 Å². The molecular formula is C9H20O6. The number of hydrogen-bond donors (Lipinski definition) is 3. The maximum absolute atomic E-state index is 9.63. The van der Waals surface area contributed by atoms with Crippen LogP contribution in [0.25, 0.3) is 0 Å². The largest absolute Gasteiger partial charge is 0.394 e. The van der Waals surface area contributed by atoms with E-state index < -0.39 is 31.0 Å². The summed E-state index contributed by atoms with van der Waals surface area (Å²) in [5, 5.41) is 27.9. The van der Waals surface area contributed by atoms with E-state index in [4.69, 9.17) is 19.3 Å². The van der Waals surface area contributed by atoms with Crippen molar-refractivity contribution in [2.24, 2.45) is 0 Å². The van der Waals surface area contributed by atoms with Crippen molar-refractivity contribution in [2.75, 3.05) is 34.5 Å². The van der Waals surface area contributed by atoms with Gasteiger partial charge in [-0.1, -0.05) is 0 Å². The summed E-state index contributed by atoms with van der Waals surface area (Å²) >= 11 is 0. The molecule has 6 nitrogen and oxygen atoms in total. The molecular weight excluding hydrogens is 204 g/mol. The number of aliphatic hydroxyl groups excluding tert-OH is 3. The van der Waals surface area contributed by atoms with E-state index in [1.54, 1.807) is 0 Å². The molecule has 3 N–H and O–H groups in total. The van der Waals surface area contributed by atoms with E-state index in [0.29, 0.717) is 0 Å². The number of rotatable bonds is 8. The molecule has 0 radical (unpaired) electrons. The zero-order valence-corrected chi connectivity index (χ0v) is 9.29. The van der Waals surface area contributed by atoms with Crippen molar-refractivity contribution in [2.45, 2.75) is 24.4 Å². The van der Waals surface area contributed by atoms with Gasteiger partial charge in [-0.15, -0.1) is 0 Å². The van der Waals surface area contributed by atoms with Gasteiger partial charge in [0.1, 0.15) is 24.4 Å². The summed E-state index contributed by atoms with van der Waals surface area (Å²) in [6.07, 6.45) is -3.58. The zero-order valence-electron chi connectivity index (χ0n) is 9.29. The van der Waals surface area contributed by atoms with Gasteiger partial charge < -0.3 is 29.5 Å². The third-order valence-corrected chi connectivity index (χ3v) is 2.15. The van der Waals surface area contributed by atoms with Gasteiger partial charge in [0.2, 0.25) is 0 Å². The molecule has 0 amide bonds. The molecule has 0 aromatic heterocycles. The maximum atomic E-state index is 9.63. The summed E-state index contributed by atoms with van der Waals surface area (Å²) in [7, 11) is 4.20. The highest BCUT2D eigenvalue weighted by Crippen LogP contribution is 2.12. The fourth-order valence-electron chi connectivity index (χ4n) is 1.39. The third-order valence-electron chi connectivity index (χ3n) is 2.15. The highest BCUT2D eigenvalue weighted by atomic mass is 16.6. The molecule has 0 heterocycles. The minimum absolute atomic E-state index is 0.0660. The minimum atomic E-state index is -1.11. The molecule has 0 saturated carbocycles. The molecule has 0 bridgehead atoms. The summed E-state index contributed by atoms with van der Waals surface area (Å²) in [4.78, 5) is 0. The second-order valence-corrected chi connectivity index (χ2v) is 3.17. The first-order valence-electron chi connectivity index (χ1n) is 4.63. The van der Waals surface area contributed by atoms with Crippen LogP contribution in [0.3, 0.4) is 0 Å². The SMILES string of the molecule is COC[C@@H](O)[C@@H](OC)[C@H](OC)[C@@H](O)CO. The topological polar surface area (TPSA) is 88.4 Å². The average molecular weight is 224 g/mol. The van der Waals surface area contributed by atoms with Gasteiger partial charge in [0.05, 0.1) is 13.2 Å². The van der Waals surface area contributed by atoms with Crippen molar-refractivity contribution in [1.29, 1.82) is 0 Å². The Bertz CT molecular complexity index is 154. The lowest BCUT2D eigenvalue weighted by atomic mass is 10.0. The molecule has 92 valence electrons. The Hall–Kier alpha value is -0.240. The maximum Gasteiger partial charge on any atom is 0.114 e. The van der Waals surface area contributed by atoms with Gasteiger partial charge in [-0.3, -0.25) is 0 Å². The monoisotopic (exact) mass is 224 g/mol. The van der Waals surface area contributed by atoms with E-state index in [9.17, 15) is 10.2 Å². The van der Waals surface area contributed by atoms with E-state index in [2.05, 4.69) is 0 Å². The molecule has 0 aromatic rings. The molecule has 0 fully saturated rings. The van der Waals surface area contributed by atoms with Crippen molar-refractivity contribution in [3.8, 4) is 0 Å². The fraction of sp³-hybridized carbons (Fsp3) is 1.00. The Labute approximate surface area is 89.4 Å². The number of hydrogen-bond acceptors (Lipinski definition) is 6. The van der Waals surface area contributed by atoms with E-state index >= 15 is 0 Å². The predicted molar refractivity (Wildman–Crippen MR) is 52.6 cm³/mol. The number of methoxy groups -OCH3 is 3. The molecule has 4 atom stereocenters. The Morgan fingerprint density at radius 3 is 1.73 bits per heavy atom. The number of aliphatic hydroxyl groups is 3. The lowest BCUT2D eigenvalue weighted by Gasteiger charge is -2.30. The second kappa shape index (κ2) is 7.98. The number of ether oxygens (including phenoxy) is 3. The van der Waals surface area contributed by atoms with Gasteiger partial charge in [0.25, 0.3) is 0 Å². The minimum Gasteiger partial charge on any atom is -0.394 e. The van der Waals surface area contributed by atoms with Crippen LogP contribution < -0.4 is 0 Å². The summed E-state index contributed by atoms with van der Waals surface area (Å²) in [5.41, 5.74) is 0. The Morgan fingerprint density at radius 2 is 1.40 bits per heavy atom. The molecule has 0 aliphatic heterocycles. The first-order valence-corrected chi connectivity index (χ1v) is 4.63. The summed E-state index contributed by atoms with van der Waals surface area (Å²) in [6, 6.07) is 0. The standard InChI is InChI=1S/C9H20O6/c1-13-5-7(12)9(15-3)8(14-2)6(11)4-10/h6-12H,4-5H2,1-3H3/t6-,7+,8+,9+/m0/s1. The van der Waals surface area contributed by atoms with Gasteiger partial charge in [0.15, 0.2) is 0 Å². The molecule has 0 aliphatic carbocycles. The molecule has 0 rings (SSSR count). The van der Waals surface area contributed by atoms with Crippen molar-refractivity contribution in [3.05, 3.63) is 0 Å². The van der Waals surface area contributed by atoms with Crippen LogP contribution in [0.4, 0.5) is 0 Å². The third kappa shape index (κ3) is 4.42. The van der Waals surface area contributed by atoms with E-state index in [-0.39, 0.29) is 6.61 Å². The first kappa shape index (κ1) is 14.8. The molecule has 0 saturated heterocycles. The molecule has 0 aromatic carbocycles. The lowest BCUT2D eigenvalue weighted by molar-refractivity contribution is -0.151. The van der Waals surface area contributed by atoms with Crippen LogP contribution in [0.15, 0.2) is 0 Å². The quantitative estimate of drug-likeness (QED) is 0.459. The molecule has 6 heteroatoms. The van der Waals surface area contributed by atoms with Gasteiger partial charge in [0, 0.05) is 21.3 Å². The smallest absolute Gasteiger partial charge is 0.114 e. The van der Waals surface area contributed by atoms with Crippen LogP contribution in [-0.2, 0) is 14.2 Å². The van der Waals surface area contributed by atoms with Gasteiger partial charge in [-0.25, -0.2) is 0 Å². The highest BCUT2D eigenvalue weighted by Gasteiger charge is 2.33. The van der Waals surface area contributed by atoms with Crippen LogP contribution in [0.1, 0.15) is 0 Å². The lowest BCUT2D eigenvalue weighted by Crippen LogP contribution is -2.49. The van der Waals surface area contributed by atoms with Gasteiger partial charge >= 0.3 is 0 Å². The van der Waals surface area contributed by atoms with Gasteiger partial charge in [-0.2, -0.15) is 0 Å². The summed E-state index contributed by atoms with van der Waals surface area (Å²) in [6.45, 7) is -0.394. The van der Waals surface area contributed by atoms with Crippen LogP contribution in [0.2, 0.25) is 0 Å². The van der Waals surface area contributed by atoms with E-state index in [1.807, 2.05) is 0 Å². The van der Waals surface area contributed by atoms with Crippen LogP contribution in [-0.4, -0.2) is 74.3 Å². The summed E-state index contributed by atoms with van der Waals surface area (Å²) in [5.74, 6) is 0. The van der Waals surface area contributed by atoms with E-state index in [1.165, 1.54) is 21.3 Å². The first-order chi connectivity index (χ1) is 7.12. The molecule has 0 unspecified atom stereocenters. The Kier molecular flexibility index (Phi) is 7.85. The van der Waals surface area contributed by atoms with Crippen molar-refractivity contribution in [3.63, 3.8) is 0 Å². The molecule has 15 heavy (non-hydrogen) atoms. The van der Waals surface area contributed by atoms with Crippen molar-refractivity contribution >= 4 is 0 Å². The average Bonchev–Trinajstić information content (AvgIpc) is 2.24. The second-order valence-electron chi connectivity index (χ2n) is 3.17. The van der Waals surface area contributed by atoms with Crippen molar-refractivity contribution in [1.82, 2.24) is 0 Å². The summed E-state index contributed by atoms with van der Waals surface area (Å²) < 4.78 is 14.8. The normalized spacial score (nSPS) is 19.6. The van der Waals surface area contributed by atoms with Crippen molar-refractivity contribution < 1.29 is 29.5 Å².